The third-order valence-electron chi connectivity index (χ3n) is 3.09. The molecule has 0 saturated heterocycles. The molecule has 1 aromatic carbocycles. The molecule has 0 atom stereocenters. The van der Waals surface area contributed by atoms with E-state index in [-0.39, 0.29) is 12.3 Å². The normalized spacial score (nSPS) is 10.7. The van der Waals surface area contributed by atoms with Crippen LogP contribution < -0.4 is 5.32 Å². The van der Waals surface area contributed by atoms with Gasteiger partial charge in [-0.1, -0.05) is 30.3 Å². The molecule has 7 heteroatoms. The van der Waals surface area contributed by atoms with Crippen LogP contribution >= 0.6 is 11.3 Å². The molecule has 0 spiro atoms. The molecule has 0 bridgehead atoms. The molecular weight excluding hydrogens is 314 g/mol. The Morgan fingerprint density at radius 2 is 1.96 bits per heavy atom. The fourth-order valence-corrected chi connectivity index (χ4v) is 3.29. The number of aromatic nitrogens is 1. The van der Waals surface area contributed by atoms with Crippen LogP contribution in [0.1, 0.15) is 23.1 Å². The molecule has 2 N–H and O–H groups in total. The number of hydrogen-bond donors (Lipinski definition) is 2. The van der Waals surface area contributed by atoms with E-state index in [9.17, 15) is 9.59 Å². The number of nitrogens with zero attached hydrogens (tertiary/aromatic N) is 2. The number of hydrogen-bond acceptors (Lipinski definition) is 5. The number of benzene rings is 1. The summed E-state index contributed by atoms with van der Waals surface area (Å²) in [6.45, 7) is 2.73. The summed E-state index contributed by atoms with van der Waals surface area (Å²) in [4.78, 5) is 29.3. The molecule has 0 aliphatic heterocycles. The van der Waals surface area contributed by atoms with Crippen LogP contribution in [0.4, 0.5) is 5.13 Å². The highest BCUT2D eigenvalue weighted by atomic mass is 32.1. The molecule has 0 fully saturated rings. The summed E-state index contributed by atoms with van der Waals surface area (Å²) in [5.74, 6) is -1.15. The molecule has 1 amide bonds. The zero-order valence-corrected chi connectivity index (χ0v) is 13.9. The van der Waals surface area contributed by atoms with Gasteiger partial charge in [-0.15, -0.1) is 11.3 Å². The molecule has 2 aromatic rings. The van der Waals surface area contributed by atoms with E-state index in [0.717, 1.165) is 11.4 Å². The summed E-state index contributed by atoms with van der Waals surface area (Å²) < 4.78 is 0. The quantitative estimate of drug-likeness (QED) is 0.813. The molecule has 1 aromatic heterocycles. The lowest BCUT2D eigenvalue weighted by Gasteiger charge is -2.16. The van der Waals surface area contributed by atoms with Crippen molar-refractivity contribution in [2.24, 2.45) is 0 Å². The van der Waals surface area contributed by atoms with Crippen molar-refractivity contribution in [2.45, 2.75) is 26.4 Å². The Morgan fingerprint density at radius 3 is 2.57 bits per heavy atom. The molecule has 6 nitrogen and oxygen atoms in total. The zero-order valence-electron chi connectivity index (χ0n) is 13.1. The first-order valence-corrected chi connectivity index (χ1v) is 7.96. The monoisotopic (exact) mass is 333 g/mol. The molecule has 0 radical (unpaired) electrons. The second kappa shape index (κ2) is 7.85. The van der Waals surface area contributed by atoms with Gasteiger partial charge >= 0.3 is 5.97 Å². The predicted molar refractivity (Wildman–Crippen MR) is 89.4 cm³/mol. The lowest BCUT2D eigenvalue weighted by Crippen LogP contribution is -2.17. The number of rotatable bonds is 7. The van der Waals surface area contributed by atoms with Gasteiger partial charge in [0.15, 0.2) is 5.13 Å². The van der Waals surface area contributed by atoms with Crippen LogP contribution in [0.5, 0.6) is 0 Å². The Bertz CT molecular complexity index is 685. The fraction of sp³-hybridized carbons (Fsp3) is 0.312. The Morgan fingerprint density at radius 1 is 1.26 bits per heavy atom. The van der Waals surface area contributed by atoms with Crippen molar-refractivity contribution in [1.82, 2.24) is 9.88 Å². The van der Waals surface area contributed by atoms with E-state index >= 15 is 0 Å². The molecule has 2 rings (SSSR count). The van der Waals surface area contributed by atoms with E-state index in [4.69, 9.17) is 5.11 Å². The SMILES string of the molecule is CC(=O)Nc1nc(CC(=O)O)c(CN(C)Cc2ccccc2)s1. The number of aliphatic carboxylic acids is 1. The summed E-state index contributed by atoms with van der Waals surface area (Å²) in [6, 6.07) is 10.0. The summed E-state index contributed by atoms with van der Waals surface area (Å²) in [7, 11) is 1.97. The second-order valence-corrected chi connectivity index (χ2v) is 6.38. The van der Waals surface area contributed by atoms with E-state index in [1.165, 1.54) is 23.8 Å². The predicted octanol–water partition coefficient (Wildman–Crippen LogP) is 2.36. The van der Waals surface area contributed by atoms with Crippen LogP contribution in [0.2, 0.25) is 0 Å². The second-order valence-electron chi connectivity index (χ2n) is 5.30. The number of nitrogens with one attached hydrogen (secondary N) is 1. The van der Waals surface area contributed by atoms with Gasteiger partial charge in [-0.05, 0) is 12.6 Å². The lowest BCUT2D eigenvalue weighted by atomic mass is 10.2. The van der Waals surface area contributed by atoms with E-state index in [1.807, 2.05) is 37.4 Å². The maximum Gasteiger partial charge on any atom is 0.309 e. The van der Waals surface area contributed by atoms with Crippen molar-refractivity contribution >= 4 is 28.3 Å². The smallest absolute Gasteiger partial charge is 0.309 e. The summed E-state index contributed by atoms with van der Waals surface area (Å²) >= 11 is 1.32. The number of carboxylic acids is 1. The van der Waals surface area contributed by atoms with Crippen molar-refractivity contribution in [3.05, 3.63) is 46.5 Å². The molecule has 0 aliphatic rings. The van der Waals surface area contributed by atoms with Crippen molar-refractivity contribution in [1.29, 1.82) is 0 Å². The Kier molecular flexibility index (Phi) is 5.84. The molecule has 1 heterocycles. The molecule has 0 aliphatic carbocycles. The van der Waals surface area contributed by atoms with Gasteiger partial charge in [0.05, 0.1) is 12.1 Å². The average molecular weight is 333 g/mol. The van der Waals surface area contributed by atoms with Crippen LogP contribution in [0.25, 0.3) is 0 Å². The number of carboxylic acid groups (broad SMARTS) is 1. The van der Waals surface area contributed by atoms with Crippen molar-refractivity contribution in [2.75, 3.05) is 12.4 Å². The summed E-state index contributed by atoms with van der Waals surface area (Å²) in [5.41, 5.74) is 1.69. The summed E-state index contributed by atoms with van der Waals surface area (Å²) in [6.07, 6.45) is -0.148. The first kappa shape index (κ1) is 17.1. The highest BCUT2D eigenvalue weighted by molar-refractivity contribution is 7.15. The van der Waals surface area contributed by atoms with Gasteiger partial charge in [0, 0.05) is 24.9 Å². The average Bonchev–Trinajstić information content (AvgIpc) is 2.79. The maximum atomic E-state index is 11.1. The van der Waals surface area contributed by atoms with Crippen molar-refractivity contribution in [3.8, 4) is 0 Å². The van der Waals surface area contributed by atoms with Gasteiger partial charge in [-0.2, -0.15) is 0 Å². The van der Waals surface area contributed by atoms with Crippen LogP contribution in [0.15, 0.2) is 30.3 Å². The number of anilines is 1. The Labute approximate surface area is 138 Å². The zero-order chi connectivity index (χ0) is 16.8. The van der Waals surface area contributed by atoms with Gasteiger partial charge in [0.2, 0.25) is 5.91 Å². The van der Waals surface area contributed by atoms with Crippen LogP contribution in [-0.2, 0) is 29.1 Å². The molecule has 122 valence electrons. The van der Waals surface area contributed by atoms with Crippen LogP contribution in [0, 0.1) is 0 Å². The van der Waals surface area contributed by atoms with Crippen molar-refractivity contribution in [3.63, 3.8) is 0 Å². The molecule has 0 unspecified atom stereocenters. The lowest BCUT2D eigenvalue weighted by molar-refractivity contribution is -0.136. The summed E-state index contributed by atoms with van der Waals surface area (Å²) in [5, 5.41) is 12.1. The topological polar surface area (TPSA) is 82.5 Å². The minimum absolute atomic E-state index is 0.148. The van der Waals surface area contributed by atoms with Gasteiger partial charge in [0.1, 0.15) is 0 Å². The first-order chi connectivity index (χ1) is 10.9. The van der Waals surface area contributed by atoms with Crippen LogP contribution in [-0.4, -0.2) is 33.9 Å². The largest absolute Gasteiger partial charge is 0.481 e. The number of carbonyl (C=O) groups excluding carboxylic acids is 1. The highest BCUT2D eigenvalue weighted by Crippen LogP contribution is 2.25. The van der Waals surface area contributed by atoms with Crippen molar-refractivity contribution < 1.29 is 14.7 Å². The molecular formula is C16H19N3O3S. The highest BCUT2D eigenvalue weighted by Gasteiger charge is 2.16. The Balaban J connectivity index is 2.11. The number of carbonyl (C=O) groups is 2. The Hall–Kier alpha value is -2.25. The van der Waals surface area contributed by atoms with Gasteiger partial charge in [-0.25, -0.2) is 4.98 Å². The van der Waals surface area contributed by atoms with Gasteiger partial charge in [0.25, 0.3) is 0 Å². The fourth-order valence-electron chi connectivity index (χ4n) is 2.19. The maximum absolute atomic E-state index is 11.1. The van der Waals surface area contributed by atoms with E-state index in [1.54, 1.807) is 0 Å². The van der Waals surface area contributed by atoms with Gasteiger partial charge < -0.3 is 10.4 Å². The minimum atomic E-state index is -0.934. The van der Waals surface area contributed by atoms with Gasteiger partial charge in [-0.3, -0.25) is 14.5 Å². The standard InChI is InChI=1S/C16H19N3O3S/c1-11(20)17-16-18-13(8-15(21)22)14(23-16)10-19(2)9-12-6-4-3-5-7-12/h3-7H,8-10H2,1-2H3,(H,21,22)(H,17,18,20). The van der Waals surface area contributed by atoms with E-state index < -0.39 is 5.97 Å². The minimum Gasteiger partial charge on any atom is -0.481 e. The molecule has 23 heavy (non-hydrogen) atoms. The third kappa shape index (κ3) is 5.46. The molecule has 0 saturated carbocycles. The number of amides is 1. The van der Waals surface area contributed by atoms with E-state index in [2.05, 4.69) is 15.2 Å². The van der Waals surface area contributed by atoms with E-state index in [0.29, 0.717) is 17.4 Å². The van der Waals surface area contributed by atoms with Crippen LogP contribution in [0.3, 0.4) is 0 Å². The first-order valence-electron chi connectivity index (χ1n) is 7.14. The third-order valence-corrected chi connectivity index (χ3v) is 4.09. The number of thiazole rings is 1.